The molecule has 8 nitrogen and oxygen atoms in total. The van der Waals surface area contributed by atoms with Crippen LogP contribution in [0.15, 0.2) is 61.3 Å². The number of pyridine rings is 1. The lowest BCUT2D eigenvalue weighted by atomic mass is 10.2. The summed E-state index contributed by atoms with van der Waals surface area (Å²) in [6.45, 7) is 3.84. The third kappa shape index (κ3) is 3.75. The van der Waals surface area contributed by atoms with Gasteiger partial charge in [-0.25, -0.2) is 9.78 Å². The third-order valence-electron chi connectivity index (χ3n) is 3.94. The summed E-state index contributed by atoms with van der Waals surface area (Å²) in [5, 5.41) is 5.36. The number of nitrogens with one attached hydrogen (secondary N) is 2. The Balaban J connectivity index is 1.88. The van der Waals surface area contributed by atoms with Crippen molar-refractivity contribution in [2.45, 2.75) is 0 Å². The van der Waals surface area contributed by atoms with E-state index in [2.05, 4.69) is 26.9 Å². The van der Waals surface area contributed by atoms with Gasteiger partial charge in [-0.15, -0.1) is 6.58 Å². The first kappa shape index (κ1) is 18.8. The van der Waals surface area contributed by atoms with Gasteiger partial charge in [0.15, 0.2) is 5.69 Å². The number of rotatable bonds is 6. The number of methoxy groups -OCH3 is 1. The van der Waals surface area contributed by atoms with Crippen molar-refractivity contribution in [1.82, 2.24) is 14.7 Å². The van der Waals surface area contributed by atoms with Crippen LogP contribution in [0, 0.1) is 0 Å². The second-order valence-electron chi connectivity index (χ2n) is 5.76. The molecule has 2 N–H and O–H groups in total. The predicted molar refractivity (Wildman–Crippen MR) is 103 cm³/mol. The molecule has 3 aromatic rings. The Morgan fingerprint density at radius 3 is 2.57 bits per heavy atom. The Hall–Kier alpha value is -3.94. The van der Waals surface area contributed by atoms with Gasteiger partial charge >= 0.3 is 5.97 Å². The molecule has 3 rings (SSSR count). The number of fused-ring (bicyclic) bond motifs is 1. The van der Waals surface area contributed by atoms with E-state index in [9.17, 15) is 14.4 Å². The molecular formula is C20H18N4O4. The number of aromatic nitrogens is 2. The molecular weight excluding hydrogens is 360 g/mol. The average molecular weight is 378 g/mol. The normalized spacial score (nSPS) is 10.3. The maximum Gasteiger partial charge on any atom is 0.337 e. The van der Waals surface area contributed by atoms with E-state index in [4.69, 9.17) is 0 Å². The van der Waals surface area contributed by atoms with Crippen LogP contribution in [-0.2, 0) is 4.74 Å². The summed E-state index contributed by atoms with van der Waals surface area (Å²) in [6.07, 6.45) is 3.21. The molecule has 142 valence electrons. The second kappa shape index (κ2) is 8.17. The maximum atomic E-state index is 12.7. The first-order valence-corrected chi connectivity index (χ1v) is 8.41. The van der Waals surface area contributed by atoms with Crippen molar-refractivity contribution in [3.05, 3.63) is 78.4 Å². The van der Waals surface area contributed by atoms with E-state index in [1.54, 1.807) is 59.1 Å². The van der Waals surface area contributed by atoms with Gasteiger partial charge in [0, 0.05) is 18.4 Å². The lowest BCUT2D eigenvalue weighted by Gasteiger charge is -2.05. The Kier molecular flexibility index (Phi) is 5.50. The highest BCUT2D eigenvalue weighted by Gasteiger charge is 2.21. The van der Waals surface area contributed by atoms with Crippen molar-refractivity contribution in [3.63, 3.8) is 0 Å². The van der Waals surface area contributed by atoms with E-state index in [1.165, 1.54) is 7.11 Å². The number of esters is 1. The van der Waals surface area contributed by atoms with E-state index < -0.39 is 17.8 Å². The van der Waals surface area contributed by atoms with Crippen molar-refractivity contribution in [1.29, 1.82) is 0 Å². The van der Waals surface area contributed by atoms with Gasteiger partial charge in [-0.1, -0.05) is 12.1 Å². The van der Waals surface area contributed by atoms with Crippen molar-refractivity contribution < 1.29 is 19.1 Å². The summed E-state index contributed by atoms with van der Waals surface area (Å²) in [6, 6.07) is 11.4. The van der Waals surface area contributed by atoms with Gasteiger partial charge in [0.25, 0.3) is 11.8 Å². The van der Waals surface area contributed by atoms with Crippen LogP contribution in [0.4, 0.5) is 5.69 Å². The molecule has 0 aliphatic heterocycles. The van der Waals surface area contributed by atoms with E-state index in [-0.39, 0.29) is 18.1 Å². The zero-order chi connectivity index (χ0) is 20.1. The number of ether oxygens (including phenoxy) is 1. The molecule has 8 heteroatoms. The highest BCUT2D eigenvalue weighted by atomic mass is 16.5. The number of amides is 2. The zero-order valence-electron chi connectivity index (χ0n) is 15.1. The molecule has 0 radical (unpaired) electrons. The fraction of sp³-hybridized carbons (Fsp3) is 0.100. The fourth-order valence-corrected chi connectivity index (χ4v) is 2.61. The molecule has 0 aliphatic carbocycles. The maximum absolute atomic E-state index is 12.7. The average Bonchev–Trinajstić information content (AvgIpc) is 3.12. The van der Waals surface area contributed by atoms with Crippen molar-refractivity contribution in [3.8, 4) is 0 Å². The first-order valence-electron chi connectivity index (χ1n) is 8.41. The monoisotopic (exact) mass is 378 g/mol. The Bertz CT molecular complexity index is 1050. The lowest BCUT2D eigenvalue weighted by molar-refractivity contribution is 0.0600. The van der Waals surface area contributed by atoms with E-state index in [0.29, 0.717) is 16.8 Å². The van der Waals surface area contributed by atoms with Crippen LogP contribution in [0.2, 0.25) is 0 Å². The molecule has 28 heavy (non-hydrogen) atoms. The molecule has 2 heterocycles. The largest absolute Gasteiger partial charge is 0.465 e. The third-order valence-corrected chi connectivity index (χ3v) is 3.94. The number of carbonyl (C=O) groups excluding carboxylic acids is 3. The van der Waals surface area contributed by atoms with Crippen LogP contribution >= 0.6 is 0 Å². The summed E-state index contributed by atoms with van der Waals surface area (Å²) in [4.78, 5) is 40.8. The highest BCUT2D eigenvalue weighted by Crippen LogP contribution is 2.17. The summed E-state index contributed by atoms with van der Waals surface area (Å²) in [7, 11) is 1.30. The molecule has 0 aliphatic rings. The van der Waals surface area contributed by atoms with Gasteiger partial charge in [-0.2, -0.15) is 0 Å². The minimum atomic E-state index is -0.475. The smallest absolute Gasteiger partial charge is 0.337 e. The van der Waals surface area contributed by atoms with Crippen LogP contribution in [0.5, 0.6) is 0 Å². The van der Waals surface area contributed by atoms with E-state index in [0.717, 1.165) is 0 Å². The minimum absolute atomic E-state index is 0.101. The lowest BCUT2D eigenvalue weighted by Crippen LogP contribution is -2.25. The van der Waals surface area contributed by atoms with Gasteiger partial charge < -0.3 is 15.4 Å². The Morgan fingerprint density at radius 2 is 1.89 bits per heavy atom. The quantitative estimate of drug-likeness (QED) is 0.506. The van der Waals surface area contributed by atoms with Gasteiger partial charge in [-0.05, 0) is 36.4 Å². The molecule has 2 amide bonds. The summed E-state index contributed by atoms with van der Waals surface area (Å²) in [5.74, 6) is -1.25. The van der Waals surface area contributed by atoms with E-state index >= 15 is 0 Å². The second-order valence-corrected chi connectivity index (χ2v) is 5.76. The molecule has 0 bridgehead atoms. The molecule has 1 aromatic carbocycles. The molecule has 2 aromatic heterocycles. The molecule has 0 fully saturated rings. The molecule has 0 unspecified atom stereocenters. The van der Waals surface area contributed by atoms with Crippen LogP contribution in [0.1, 0.15) is 31.5 Å². The van der Waals surface area contributed by atoms with Gasteiger partial charge in [0.2, 0.25) is 5.82 Å². The summed E-state index contributed by atoms with van der Waals surface area (Å²) in [5.41, 5.74) is 1.46. The zero-order valence-corrected chi connectivity index (χ0v) is 15.1. The fourth-order valence-electron chi connectivity index (χ4n) is 2.61. The van der Waals surface area contributed by atoms with Crippen LogP contribution < -0.4 is 10.6 Å². The van der Waals surface area contributed by atoms with E-state index in [1.807, 2.05) is 0 Å². The SMILES string of the molecule is C=CCNC(=O)c1nc(C(=O)Nc2ccc(C(=O)OC)cc2)c2ccccn12. The first-order chi connectivity index (χ1) is 13.5. The van der Waals surface area contributed by atoms with Crippen LogP contribution in [0.3, 0.4) is 0 Å². The Morgan fingerprint density at radius 1 is 1.14 bits per heavy atom. The number of imidazole rings is 1. The number of benzene rings is 1. The van der Waals surface area contributed by atoms with Gasteiger partial charge in [-0.3, -0.25) is 14.0 Å². The molecule has 0 spiro atoms. The number of hydrogen-bond donors (Lipinski definition) is 2. The number of carbonyl (C=O) groups is 3. The Labute approximate surface area is 160 Å². The highest BCUT2D eigenvalue weighted by molar-refractivity contribution is 6.09. The van der Waals surface area contributed by atoms with Gasteiger partial charge in [0.05, 0.1) is 18.2 Å². The minimum Gasteiger partial charge on any atom is -0.465 e. The van der Waals surface area contributed by atoms with Gasteiger partial charge in [0.1, 0.15) is 0 Å². The summed E-state index contributed by atoms with van der Waals surface area (Å²) < 4.78 is 6.19. The topological polar surface area (TPSA) is 102 Å². The predicted octanol–water partition coefficient (Wildman–Crippen LogP) is 2.29. The molecule has 0 saturated carbocycles. The van der Waals surface area contributed by atoms with Crippen LogP contribution in [0.25, 0.3) is 5.52 Å². The number of hydrogen-bond acceptors (Lipinski definition) is 5. The van der Waals surface area contributed by atoms with Crippen molar-refractivity contribution in [2.75, 3.05) is 19.0 Å². The molecule has 0 saturated heterocycles. The summed E-state index contributed by atoms with van der Waals surface area (Å²) >= 11 is 0. The standard InChI is InChI=1S/C20H18N4O4/c1-3-11-21-19(26)17-23-16(15-6-4-5-12-24(15)17)18(25)22-14-9-7-13(8-10-14)20(27)28-2/h3-10,12H,1,11H2,2H3,(H,21,26)(H,22,25). The van der Waals surface area contributed by atoms with Crippen LogP contribution in [-0.4, -0.2) is 40.8 Å². The number of nitrogens with zero attached hydrogens (tertiary/aromatic N) is 2. The number of anilines is 1. The van der Waals surface area contributed by atoms with Crippen molar-refractivity contribution in [2.24, 2.45) is 0 Å². The molecule has 0 atom stereocenters. The van der Waals surface area contributed by atoms with Crippen molar-refractivity contribution >= 4 is 29.0 Å².